The maximum Gasteiger partial charge on any atom is 0.406 e. The number of alkyl halides is 3. The van der Waals surface area contributed by atoms with Crippen molar-refractivity contribution in [3.8, 4) is 0 Å². The predicted octanol–water partition coefficient (Wildman–Crippen LogP) is 2.58. The first kappa shape index (κ1) is 17.2. The van der Waals surface area contributed by atoms with Crippen molar-refractivity contribution in [3.63, 3.8) is 0 Å². The second-order valence-electron chi connectivity index (χ2n) is 6.08. The molecule has 0 unspecified atom stereocenters. The molecule has 23 heavy (non-hydrogen) atoms. The number of hydrogen-bond acceptors (Lipinski definition) is 4. The van der Waals surface area contributed by atoms with Gasteiger partial charge in [0, 0.05) is 24.1 Å². The molecule has 0 aliphatic carbocycles. The van der Waals surface area contributed by atoms with Crippen LogP contribution in [0.25, 0.3) is 0 Å². The fourth-order valence-electron chi connectivity index (χ4n) is 2.63. The Bertz CT molecular complexity index is 614. The minimum atomic E-state index is -4.56. The number of hydrazine groups is 1. The summed E-state index contributed by atoms with van der Waals surface area (Å²) >= 11 is 0. The summed E-state index contributed by atoms with van der Waals surface area (Å²) in [4.78, 5) is 21.5. The van der Waals surface area contributed by atoms with Crippen LogP contribution < -0.4 is 5.43 Å². The van der Waals surface area contributed by atoms with Gasteiger partial charge in [-0.15, -0.1) is 0 Å². The molecule has 1 N–H and O–H groups in total. The zero-order valence-corrected chi connectivity index (χ0v) is 12.6. The van der Waals surface area contributed by atoms with Crippen LogP contribution in [0.1, 0.15) is 25.8 Å². The standard InChI is InChI=1S/C14H16F3N3O3/c1-13(2)8-12(21)18-19(13)11(14(15,16)17)7-9-3-5-10(6-4-9)20(22)23/h3-6,11H,7-8H2,1-2H3,(H,18,21)/t11-/m0/s1. The van der Waals surface area contributed by atoms with Crippen molar-refractivity contribution >= 4 is 11.6 Å². The Morgan fingerprint density at radius 3 is 2.30 bits per heavy atom. The predicted molar refractivity (Wildman–Crippen MR) is 75.3 cm³/mol. The van der Waals surface area contributed by atoms with Gasteiger partial charge in [-0.3, -0.25) is 20.3 Å². The molecule has 1 saturated heterocycles. The topological polar surface area (TPSA) is 75.5 Å². The van der Waals surface area contributed by atoms with E-state index in [0.29, 0.717) is 5.56 Å². The molecule has 0 aromatic heterocycles. The third-order valence-electron chi connectivity index (χ3n) is 3.76. The number of nitro groups is 1. The summed E-state index contributed by atoms with van der Waals surface area (Å²) in [6.45, 7) is 3.11. The van der Waals surface area contributed by atoms with Gasteiger partial charge in [-0.25, -0.2) is 5.01 Å². The summed E-state index contributed by atoms with van der Waals surface area (Å²) in [5.41, 5.74) is 1.41. The summed E-state index contributed by atoms with van der Waals surface area (Å²) in [6.07, 6.45) is -5.00. The van der Waals surface area contributed by atoms with Gasteiger partial charge in [0.1, 0.15) is 6.04 Å². The molecule has 2 rings (SSSR count). The molecule has 0 radical (unpaired) electrons. The number of benzene rings is 1. The van der Waals surface area contributed by atoms with Gasteiger partial charge in [0.05, 0.1) is 4.92 Å². The van der Waals surface area contributed by atoms with Crippen molar-refractivity contribution in [2.45, 2.75) is 44.4 Å². The molecule has 1 fully saturated rings. The number of halogens is 3. The van der Waals surface area contributed by atoms with E-state index in [1.54, 1.807) is 13.8 Å². The average molecular weight is 331 g/mol. The van der Waals surface area contributed by atoms with Gasteiger partial charge in [-0.2, -0.15) is 13.2 Å². The highest BCUT2D eigenvalue weighted by molar-refractivity contribution is 5.78. The molecular formula is C14H16F3N3O3. The van der Waals surface area contributed by atoms with Crippen LogP contribution in [-0.4, -0.2) is 33.6 Å². The number of hydrogen-bond donors (Lipinski definition) is 1. The van der Waals surface area contributed by atoms with E-state index >= 15 is 0 Å². The fourth-order valence-corrected chi connectivity index (χ4v) is 2.63. The Balaban J connectivity index is 2.26. The number of rotatable bonds is 4. The smallest absolute Gasteiger partial charge is 0.288 e. The summed E-state index contributed by atoms with van der Waals surface area (Å²) < 4.78 is 40.3. The third kappa shape index (κ3) is 3.79. The lowest BCUT2D eigenvalue weighted by atomic mass is 9.97. The molecule has 1 aromatic carbocycles. The fraction of sp³-hybridized carbons (Fsp3) is 0.500. The molecule has 1 amide bonds. The molecule has 0 saturated carbocycles. The molecule has 6 nitrogen and oxygen atoms in total. The first-order chi connectivity index (χ1) is 10.5. The summed E-state index contributed by atoms with van der Waals surface area (Å²) in [7, 11) is 0. The van der Waals surface area contributed by atoms with Crippen LogP contribution in [0.3, 0.4) is 0 Å². The minimum absolute atomic E-state index is 0.0279. The third-order valence-corrected chi connectivity index (χ3v) is 3.76. The van der Waals surface area contributed by atoms with Crippen molar-refractivity contribution in [1.29, 1.82) is 0 Å². The van der Waals surface area contributed by atoms with Crippen molar-refractivity contribution in [3.05, 3.63) is 39.9 Å². The quantitative estimate of drug-likeness (QED) is 0.680. The second-order valence-corrected chi connectivity index (χ2v) is 6.08. The lowest BCUT2D eigenvalue weighted by Gasteiger charge is -2.37. The van der Waals surface area contributed by atoms with Crippen LogP contribution >= 0.6 is 0 Å². The lowest BCUT2D eigenvalue weighted by molar-refractivity contribution is -0.384. The zero-order chi connectivity index (χ0) is 17.4. The largest absolute Gasteiger partial charge is 0.406 e. The van der Waals surface area contributed by atoms with Crippen molar-refractivity contribution in [2.75, 3.05) is 0 Å². The first-order valence-electron chi connectivity index (χ1n) is 6.89. The monoisotopic (exact) mass is 331 g/mol. The molecule has 1 aromatic rings. The Labute approximate surface area is 130 Å². The van der Waals surface area contributed by atoms with E-state index in [-0.39, 0.29) is 12.1 Å². The van der Waals surface area contributed by atoms with Crippen molar-refractivity contribution in [2.24, 2.45) is 0 Å². The van der Waals surface area contributed by atoms with E-state index in [2.05, 4.69) is 5.43 Å². The van der Waals surface area contributed by atoms with Gasteiger partial charge < -0.3 is 0 Å². The number of amides is 1. The van der Waals surface area contributed by atoms with Gasteiger partial charge in [0.15, 0.2) is 0 Å². The van der Waals surface area contributed by atoms with Gasteiger partial charge in [0.2, 0.25) is 5.91 Å². The van der Waals surface area contributed by atoms with Crippen LogP contribution in [0.5, 0.6) is 0 Å². The molecule has 9 heteroatoms. The van der Waals surface area contributed by atoms with E-state index < -0.39 is 35.0 Å². The second kappa shape index (κ2) is 5.80. The number of nitrogens with zero attached hydrogens (tertiary/aromatic N) is 2. The molecule has 0 bridgehead atoms. The molecule has 1 aliphatic heterocycles. The van der Waals surface area contributed by atoms with Crippen LogP contribution in [-0.2, 0) is 11.2 Å². The normalized spacial score (nSPS) is 19.4. The minimum Gasteiger partial charge on any atom is -0.288 e. The first-order valence-corrected chi connectivity index (χ1v) is 6.89. The summed E-state index contributed by atoms with van der Waals surface area (Å²) in [5, 5.41) is 11.5. The van der Waals surface area contributed by atoms with Crippen LogP contribution in [0.15, 0.2) is 24.3 Å². The average Bonchev–Trinajstić information content (AvgIpc) is 2.68. The van der Waals surface area contributed by atoms with E-state index in [0.717, 1.165) is 17.1 Å². The number of carbonyl (C=O) groups is 1. The summed E-state index contributed by atoms with van der Waals surface area (Å²) in [5.74, 6) is -0.465. The van der Waals surface area contributed by atoms with Gasteiger partial charge in [0.25, 0.3) is 5.69 Å². The highest BCUT2D eigenvalue weighted by atomic mass is 19.4. The Morgan fingerprint density at radius 2 is 1.91 bits per heavy atom. The number of carbonyl (C=O) groups excluding carboxylic acids is 1. The zero-order valence-electron chi connectivity index (χ0n) is 12.6. The molecule has 1 atom stereocenters. The Hall–Kier alpha value is -2.16. The molecule has 126 valence electrons. The number of nitrogens with one attached hydrogen (secondary N) is 1. The molecule has 1 aliphatic rings. The highest BCUT2D eigenvalue weighted by Gasteiger charge is 2.51. The SMILES string of the molecule is CC1(C)CC(=O)NN1[C@@H](Cc1ccc([N+](=O)[O-])cc1)C(F)(F)F. The molecule has 0 spiro atoms. The summed E-state index contributed by atoms with van der Waals surface area (Å²) in [6, 6.07) is 3.00. The van der Waals surface area contributed by atoms with Crippen LogP contribution in [0.2, 0.25) is 0 Å². The lowest BCUT2D eigenvalue weighted by Crippen LogP contribution is -2.57. The maximum atomic E-state index is 13.4. The van der Waals surface area contributed by atoms with Gasteiger partial charge >= 0.3 is 6.18 Å². The molecule has 1 heterocycles. The highest BCUT2D eigenvalue weighted by Crippen LogP contribution is 2.35. The Morgan fingerprint density at radius 1 is 1.35 bits per heavy atom. The van der Waals surface area contributed by atoms with E-state index in [1.807, 2.05) is 0 Å². The Kier molecular flexibility index (Phi) is 4.34. The van der Waals surface area contributed by atoms with E-state index in [1.165, 1.54) is 12.1 Å². The van der Waals surface area contributed by atoms with Gasteiger partial charge in [-0.1, -0.05) is 12.1 Å². The number of non-ortho nitro benzene ring substituents is 1. The van der Waals surface area contributed by atoms with E-state index in [9.17, 15) is 28.1 Å². The maximum absolute atomic E-state index is 13.4. The van der Waals surface area contributed by atoms with Crippen molar-refractivity contribution in [1.82, 2.24) is 10.4 Å². The molecular weight excluding hydrogens is 315 g/mol. The van der Waals surface area contributed by atoms with Crippen LogP contribution in [0.4, 0.5) is 18.9 Å². The van der Waals surface area contributed by atoms with E-state index in [4.69, 9.17) is 0 Å². The number of nitro benzene ring substituents is 1. The van der Waals surface area contributed by atoms with Crippen molar-refractivity contribution < 1.29 is 22.9 Å². The van der Waals surface area contributed by atoms with Gasteiger partial charge in [-0.05, 0) is 25.8 Å². The van der Waals surface area contributed by atoms with Crippen LogP contribution in [0, 0.1) is 10.1 Å².